The average molecular weight is 470 g/mol. The minimum atomic E-state index is -1.22. The maximum Gasteiger partial charge on any atom is 2.00 e. The molecule has 0 saturated carbocycles. The second kappa shape index (κ2) is 10.1. The Morgan fingerprint density at radius 3 is 0.704 bits per heavy atom. The largest absolute Gasteiger partial charge is 2.00 e. The van der Waals surface area contributed by atoms with Crippen molar-refractivity contribution in [2.45, 2.75) is 0 Å². The van der Waals surface area contributed by atoms with E-state index < -0.39 is 6.15 Å². The van der Waals surface area contributed by atoms with Gasteiger partial charge in [0.05, 0.1) is 0 Å². The molecule has 27 heavy (non-hydrogen) atoms. The molecule has 4 aromatic rings. The van der Waals surface area contributed by atoms with Crippen LogP contribution < -0.4 is 45.8 Å². The Balaban J connectivity index is 0.00000131. The van der Waals surface area contributed by atoms with E-state index in [4.69, 9.17) is 0 Å². The Bertz CT molecular complexity index is 765. The van der Waals surface area contributed by atoms with Crippen molar-refractivity contribution in [2.75, 3.05) is 0 Å². The van der Waals surface area contributed by atoms with Gasteiger partial charge in [-0.3, -0.25) is 0 Å². The van der Waals surface area contributed by atoms with Gasteiger partial charge in [0.15, 0.2) is 0 Å². The minimum absolute atomic E-state index is 0. The van der Waals surface area contributed by atoms with Gasteiger partial charge in [0.1, 0.15) is 6.15 Å². The summed E-state index contributed by atoms with van der Waals surface area (Å²) in [5.74, 6) is 0. The average Bonchev–Trinajstić information content (AvgIpc) is 2.72. The second-order valence-electron chi connectivity index (χ2n) is 6.51. The SMILES string of the molecule is [I-].[Mg+2].c1ccc([B-](c2ccccc2)(c2ccccc2)c2ccccc2)cc1. The van der Waals surface area contributed by atoms with Crippen LogP contribution in [0.2, 0.25) is 0 Å². The van der Waals surface area contributed by atoms with E-state index in [2.05, 4.69) is 121 Å². The fourth-order valence-electron chi connectivity index (χ4n) is 4.12. The third-order valence-corrected chi connectivity index (χ3v) is 5.20. The molecule has 0 heterocycles. The van der Waals surface area contributed by atoms with Crippen molar-refractivity contribution in [2.24, 2.45) is 0 Å². The maximum atomic E-state index is 2.26. The first kappa shape index (κ1) is 21.7. The first-order valence-electron chi connectivity index (χ1n) is 8.80. The topological polar surface area (TPSA) is 0 Å². The summed E-state index contributed by atoms with van der Waals surface area (Å²) < 4.78 is 0. The molecule has 0 nitrogen and oxygen atoms in total. The van der Waals surface area contributed by atoms with E-state index >= 15 is 0 Å². The number of hydrogen-bond donors (Lipinski definition) is 0. The summed E-state index contributed by atoms with van der Waals surface area (Å²) in [7, 11) is 0. The van der Waals surface area contributed by atoms with Crippen LogP contribution in [0.3, 0.4) is 0 Å². The number of hydrogen-bond acceptors (Lipinski definition) is 0. The second-order valence-corrected chi connectivity index (χ2v) is 6.51. The molecule has 0 aliphatic rings. The van der Waals surface area contributed by atoms with Crippen molar-refractivity contribution in [1.82, 2.24) is 0 Å². The molecular formula is C24H20BIMg. The van der Waals surface area contributed by atoms with Crippen molar-refractivity contribution < 1.29 is 24.0 Å². The summed E-state index contributed by atoms with van der Waals surface area (Å²) in [6, 6.07) is 43.5. The fourth-order valence-corrected chi connectivity index (χ4v) is 4.12. The molecule has 0 aromatic heterocycles. The molecule has 0 unspecified atom stereocenters. The zero-order valence-corrected chi connectivity index (χ0v) is 18.8. The van der Waals surface area contributed by atoms with Crippen LogP contribution in [-0.2, 0) is 0 Å². The molecule has 0 spiro atoms. The number of halogens is 1. The van der Waals surface area contributed by atoms with E-state index in [1.54, 1.807) is 0 Å². The molecular weight excluding hydrogens is 450 g/mol. The van der Waals surface area contributed by atoms with Crippen molar-refractivity contribution in [3.63, 3.8) is 0 Å². The summed E-state index contributed by atoms with van der Waals surface area (Å²) in [6.45, 7) is 0. The molecule has 0 bridgehead atoms. The van der Waals surface area contributed by atoms with Gasteiger partial charge in [0.25, 0.3) is 0 Å². The van der Waals surface area contributed by atoms with Gasteiger partial charge in [-0.15, -0.1) is 0 Å². The van der Waals surface area contributed by atoms with Gasteiger partial charge in [0, 0.05) is 0 Å². The van der Waals surface area contributed by atoms with Crippen molar-refractivity contribution in [3.05, 3.63) is 121 Å². The van der Waals surface area contributed by atoms with Gasteiger partial charge < -0.3 is 24.0 Å². The molecule has 0 N–H and O–H groups in total. The molecule has 0 fully saturated rings. The Morgan fingerprint density at radius 1 is 0.333 bits per heavy atom. The Morgan fingerprint density at radius 2 is 0.519 bits per heavy atom. The van der Waals surface area contributed by atoms with Gasteiger partial charge >= 0.3 is 23.1 Å². The number of rotatable bonds is 4. The van der Waals surface area contributed by atoms with Crippen LogP contribution in [0.1, 0.15) is 0 Å². The predicted molar refractivity (Wildman–Crippen MR) is 116 cm³/mol. The first-order chi connectivity index (χ1) is 12.4. The summed E-state index contributed by atoms with van der Waals surface area (Å²) >= 11 is 0. The van der Waals surface area contributed by atoms with E-state index in [0.717, 1.165) is 0 Å². The monoisotopic (exact) mass is 470 g/mol. The van der Waals surface area contributed by atoms with Gasteiger partial charge in [-0.2, -0.15) is 21.9 Å². The summed E-state index contributed by atoms with van der Waals surface area (Å²) in [5, 5.41) is 0. The van der Waals surface area contributed by atoms with Crippen molar-refractivity contribution >= 4 is 51.0 Å². The van der Waals surface area contributed by atoms with Crippen molar-refractivity contribution in [3.8, 4) is 0 Å². The van der Waals surface area contributed by atoms with Crippen LogP contribution in [0.4, 0.5) is 0 Å². The zero-order chi connectivity index (χ0) is 17.0. The molecule has 128 valence electrons. The molecule has 4 rings (SSSR count). The normalized spacial score (nSPS) is 10.4. The van der Waals surface area contributed by atoms with Crippen LogP contribution in [-0.4, -0.2) is 29.2 Å². The molecule has 0 amide bonds. The predicted octanol–water partition coefficient (Wildman–Crippen LogP) is -0.313. The van der Waals surface area contributed by atoms with Crippen LogP contribution in [0.25, 0.3) is 0 Å². The van der Waals surface area contributed by atoms with Crippen LogP contribution in [0.15, 0.2) is 121 Å². The molecule has 0 saturated heterocycles. The molecule has 0 aliphatic carbocycles. The summed E-state index contributed by atoms with van der Waals surface area (Å²) in [6.07, 6.45) is -1.22. The Hall–Kier alpha value is -1.56. The fraction of sp³-hybridized carbons (Fsp3) is 0. The van der Waals surface area contributed by atoms with Crippen LogP contribution >= 0.6 is 0 Å². The van der Waals surface area contributed by atoms with Gasteiger partial charge in [0.2, 0.25) is 0 Å². The smallest absolute Gasteiger partial charge is 1.00 e. The third kappa shape index (κ3) is 4.15. The molecule has 4 aromatic carbocycles. The Kier molecular flexibility index (Phi) is 8.14. The number of benzene rings is 4. The summed E-state index contributed by atoms with van der Waals surface area (Å²) in [5.41, 5.74) is 5.36. The molecule has 0 atom stereocenters. The van der Waals surface area contributed by atoms with Crippen LogP contribution in [0, 0.1) is 0 Å². The van der Waals surface area contributed by atoms with E-state index in [1.807, 2.05) is 0 Å². The van der Waals surface area contributed by atoms with Gasteiger partial charge in [-0.1, -0.05) is 121 Å². The minimum Gasteiger partial charge on any atom is -1.00 e. The zero-order valence-electron chi connectivity index (χ0n) is 15.2. The van der Waals surface area contributed by atoms with E-state index in [0.29, 0.717) is 0 Å². The van der Waals surface area contributed by atoms with E-state index in [1.165, 1.54) is 21.9 Å². The van der Waals surface area contributed by atoms with E-state index in [-0.39, 0.29) is 47.0 Å². The molecule has 3 heteroatoms. The molecule has 0 radical (unpaired) electrons. The quantitative estimate of drug-likeness (QED) is 0.284. The van der Waals surface area contributed by atoms with Gasteiger partial charge in [-0.05, 0) is 0 Å². The standard InChI is InChI=1S/C24H20B.HI.Mg/c1-5-13-21(14-6-1)25(22-15-7-2-8-16-22,23-17-9-3-10-18-23)24-19-11-4-12-20-24;;/h1-20H;1H;/q-1;;+2/p-1. The maximum absolute atomic E-state index is 2.26. The third-order valence-electron chi connectivity index (χ3n) is 5.20. The van der Waals surface area contributed by atoms with Gasteiger partial charge in [-0.25, -0.2) is 0 Å². The first-order valence-corrected chi connectivity index (χ1v) is 8.80. The van der Waals surface area contributed by atoms with E-state index in [9.17, 15) is 0 Å². The van der Waals surface area contributed by atoms with Crippen LogP contribution in [0.5, 0.6) is 0 Å². The van der Waals surface area contributed by atoms with Crippen molar-refractivity contribution in [1.29, 1.82) is 0 Å². The molecule has 0 aliphatic heterocycles. The Labute approximate surface area is 195 Å². The summed E-state index contributed by atoms with van der Waals surface area (Å²) in [4.78, 5) is 0.